The molecule has 1 aromatic heterocycles. The lowest BCUT2D eigenvalue weighted by Crippen LogP contribution is -2.25. The van der Waals surface area contributed by atoms with Gasteiger partial charge in [-0.05, 0) is 36.4 Å². The number of carbonyl (C=O) groups is 1. The molecule has 2 rings (SSSR count). The van der Waals surface area contributed by atoms with Gasteiger partial charge < -0.3 is 0 Å². The number of hydrogen-bond acceptors (Lipinski definition) is 3. The Bertz CT molecular complexity index is 590. The van der Waals surface area contributed by atoms with E-state index in [-0.39, 0.29) is 0 Å². The zero-order chi connectivity index (χ0) is 13.0. The first-order valence-electron chi connectivity index (χ1n) is 5.12. The smallest absolute Gasteiger partial charge is 0.267 e. The minimum absolute atomic E-state index is 0.356. The Morgan fingerprint density at radius 2 is 2.00 bits per heavy atom. The highest BCUT2D eigenvalue weighted by atomic mass is 35.5. The van der Waals surface area contributed by atoms with Gasteiger partial charge in [0.05, 0.1) is 11.3 Å². The number of nitriles is 1. The second-order valence-corrected chi connectivity index (χ2v) is 3.90. The third-order valence-corrected chi connectivity index (χ3v) is 2.55. The Morgan fingerprint density at radius 3 is 2.56 bits per heavy atom. The minimum atomic E-state index is -0.423. The normalized spacial score (nSPS) is 9.56. The predicted octanol–water partition coefficient (Wildman–Crippen LogP) is 2.86. The Morgan fingerprint density at radius 1 is 1.28 bits per heavy atom. The molecular formula is C13H8ClN3O. The Labute approximate surface area is 109 Å². The lowest BCUT2D eigenvalue weighted by atomic mass is 10.2. The molecule has 0 radical (unpaired) electrons. The fraction of sp³-hybridized carbons (Fsp3) is 0. The van der Waals surface area contributed by atoms with E-state index in [4.69, 9.17) is 16.9 Å². The van der Waals surface area contributed by atoms with Crippen LogP contribution < -0.4 is 4.90 Å². The van der Waals surface area contributed by atoms with E-state index in [1.54, 1.807) is 42.6 Å². The highest BCUT2D eigenvalue weighted by Gasteiger charge is 2.17. The maximum atomic E-state index is 12.1. The monoisotopic (exact) mass is 257 g/mol. The number of pyridine rings is 1. The van der Waals surface area contributed by atoms with Gasteiger partial charge in [-0.3, -0.25) is 9.78 Å². The molecule has 88 valence electrons. The van der Waals surface area contributed by atoms with Gasteiger partial charge in [-0.25, -0.2) is 4.90 Å². The molecule has 2 aromatic rings. The second-order valence-electron chi connectivity index (χ2n) is 3.46. The molecule has 0 spiro atoms. The molecule has 0 aliphatic carbocycles. The maximum Gasteiger partial charge on any atom is 0.273 e. The van der Waals surface area contributed by atoms with Crippen LogP contribution in [-0.2, 0) is 0 Å². The molecule has 5 heteroatoms. The fourth-order valence-electron chi connectivity index (χ4n) is 1.43. The standard InChI is InChI=1S/C13H8ClN3O/c14-11-3-5-12(6-4-11)17(9-15)13(18)10-2-1-7-16-8-10/h1-8H. The summed E-state index contributed by atoms with van der Waals surface area (Å²) < 4.78 is 0. The van der Waals surface area contributed by atoms with Crippen molar-refractivity contribution in [1.82, 2.24) is 4.98 Å². The van der Waals surface area contributed by atoms with E-state index in [0.29, 0.717) is 16.3 Å². The summed E-state index contributed by atoms with van der Waals surface area (Å²) in [5, 5.41) is 9.63. The van der Waals surface area contributed by atoms with Gasteiger partial charge in [-0.15, -0.1) is 0 Å². The molecule has 0 saturated carbocycles. The molecule has 0 unspecified atom stereocenters. The van der Waals surface area contributed by atoms with Crippen molar-refractivity contribution in [1.29, 1.82) is 5.26 Å². The summed E-state index contributed by atoms with van der Waals surface area (Å²) in [6, 6.07) is 9.72. The first-order valence-corrected chi connectivity index (χ1v) is 5.50. The Hall–Kier alpha value is -2.38. The molecule has 18 heavy (non-hydrogen) atoms. The van der Waals surface area contributed by atoms with Crippen molar-refractivity contribution in [3.63, 3.8) is 0 Å². The summed E-state index contributed by atoms with van der Waals surface area (Å²) in [5.74, 6) is -0.423. The molecular weight excluding hydrogens is 250 g/mol. The SMILES string of the molecule is N#CN(C(=O)c1cccnc1)c1ccc(Cl)cc1. The third-order valence-electron chi connectivity index (χ3n) is 2.30. The average molecular weight is 258 g/mol. The van der Waals surface area contributed by atoms with E-state index in [2.05, 4.69) is 4.98 Å². The molecule has 4 nitrogen and oxygen atoms in total. The number of carbonyl (C=O) groups excluding carboxylic acids is 1. The van der Waals surface area contributed by atoms with Gasteiger partial charge >= 0.3 is 0 Å². The first-order chi connectivity index (χ1) is 8.72. The number of aromatic nitrogens is 1. The van der Waals surface area contributed by atoms with Crippen LogP contribution >= 0.6 is 11.6 Å². The van der Waals surface area contributed by atoms with Gasteiger partial charge in [0.25, 0.3) is 5.91 Å². The Kier molecular flexibility index (Phi) is 3.56. The van der Waals surface area contributed by atoms with Crippen LogP contribution in [0.4, 0.5) is 5.69 Å². The molecule has 0 N–H and O–H groups in total. The molecule has 0 saturated heterocycles. The number of benzene rings is 1. The van der Waals surface area contributed by atoms with Crippen molar-refractivity contribution in [2.75, 3.05) is 4.90 Å². The van der Waals surface area contributed by atoms with Gasteiger partial charge in [-0.1, -0.05) is 11.6 Å². The van der Waals surface area contributed by atoms with Gasteiger partial charge in [-0.2, -0.15) is 5.26 Å². The van der Waals surface area contributed by atoms with E-state index < -0.39 is 5.91 Å². The molecule has 1 heterocycles. The molecule has 1 amide bonds. The third kappa shape index (κ3) is 2.47. The highest BCUT2D eigenvalue weighted by Crippen LogP contribution is 2.19. The van der Waals surface area contributed by atoms with E-state index >= 15 is 0 Å². The molecule has 1 aromatic carbocycles. The van der Waals surface area contributed by atoms with E-state index in [1.807, 2.05) is 6.19 Å². The number of nitrogens with zero attached hydrogens (tertiary/aromatic N) is 3. The topological polar surface area (TPSA) is 57.0 Å². The van der Waals surface area contributed by atoms with Gasteiger partial charge in [0.1, 0.15) is 0 Å². The first kappa shape index (κ1) is 12.1. The number of anilines is 1. The quantitative estimate of drug-likeness (QED) is 0.614. The lowest BCUT2D eigenvalue weighted by Gasteiger charge is -2.13. The molecule has 0 atom stereocenters. The molecule has 0 bridgehead atoms. The summed E-state index contributed by atoms with van der Waals surface area (Å²) in [6.45, 7) is 0. The Balaban J connectivity index is 2.33. The highest BCUT2D eigenvalue weighted by molar-refractivity contribution is 6.30. The van der Waals surface area contributed by atoms with Gasteiger partial charge in [0, 0.05) is 17.4 Å². The van der Waals surface area contributed by atoms with Crippen molar-refractivity contribution in [3.05, 3.63) is 59.4 Å². The van der Waals surface area contributed by atoms with Crippen LogP contribution in [0.2, 0.25) is 5.02 Å². The zero-order valence-corrected chi connectivity index (χ0v) is 10.0. The van der Waals surface area contributed by atoms with Crippen molar-refractivity contribution >= 4 is 23.2 Å². The summed E-state index contributed by atoms with van der Waals surface area (Å²) in [7, 11) is 0. The second kappa shape index (κ2) is 5.30. The van der Waals surface area contributed by atoms with Crippen LogP contribution in [0.1, 0.15) is 10.4 Å². The van der Waals surface area contributed by atoms with E-state index in [0.717, 1.165) is 4.90 Å². The number of rotatable bonds is 2. The lowest BCUT2D eigenvalue weighted by molar-refractivity contribution is 0.0999. The van der Waals surface area contributed by atoms with Crippen LogP contribution in [-0.4, -0.2) is 10.9 Å². The van der Waals surface area contributed by atoms with E-state index in [9.17, 15) is 4.79 Å². The number of amides is 1. The number of halogens is 1. The predicted molar refractivity (Wildman–Crippen MR) is 68.1 cm³/mol. The largest absolute Gasteiger partial charge is 0.273 e. The summed E-state index contributed by atoms with van der Waals surface area (Å²) >= 11 is 5.76. The summed E-state index contributed by atoms with van der Waals surface area (Å²) in [4.78, 5) is 16.9. The molecule has 0 aliphatic heterocycles. The minimum Gasteiger partial charge on any atom is -0.267 e. The summed E-state index contributed by atoms with van der Waals surface area (Å²) in [6.07, 6.45) is 4.83. The van der Waals surface area contributed by atoms with E-state index in [1.165, 1.54) is 6.20 Å². The van der Waals surface area contributed by atoms with Crippen LogP contribution in [0.15, 0.2) is 48.8 Å². The van der Waals surface area contributed by atoms with Crippen molar-refractivity contribution in [3.8, 4) is 6.19 Å². The number of hydrogen-bond donors (Lipinski definition) is 0. The fourth-order valence-corrected chi connectivity index (χ4v) is 1.55. The zero-order valence-electron chi connectivity index (χ0n) is 9.25. The molecule has 0 aliphatic rings. The average Bonchev–Trinajstić information content (AvgIpc) is 2.42. The maximum absolute atomic E-state index is 12.1. The van der Waals surface area contributed by atoms with Crippen LogP contribution in [0.25, 0.3) is 0 Å². The molecule has 0 fully saturated rings. The van der Waals surface area contributed by atoms with Gasteiger partial charge in [0.2, 0.25) is 0 Å². The van der Waals surface area contributed by atoms with Crippen molar-refractivity contribution in [2.24, 2.45) is 0 Å². The van der Waals surface area contributed by atoms with Crippen LogP contribution in [0, 0.1) is 11.5 Å². The van der Waals surface area contributed by atoms with Crippen molar-refractivity contribution < 1.29 is 4.79 Å². The van der Waals surface area contributed by atoms with Crippen molar-refractivity contribution in [2.45, 2.75) is 0 Å². The van der Waals surface area contributed by atoms with Crippen LogP contribution in [0.3, 0.4) is 0 Å². The summed E-state index contributed by atoms with van der Waals surface area (Å²) in [5.41, 5.74) is 0.824. The van der Waals surface area contributed by atoms with Gasteiger partial charge in [0.15, 0.2) is 6.19 Å². The van der Waals surface area contributed by atoms with Crippen LogP contribution in [0.5, 0.6) is 0 Å².